The molecule has 34 nitrogen and oxygen atoms in total. The molecule has 640 valence electrons. The van der Waals surface area contributed by atoms with Crippen LogP contribution in [0.25, 0.3) is 0 Å². The summed E-state index contributed by atoms with van der Waals surface area (Å²) in [6, 6.07) is 57.6. The predicted octanol–water partition coefficient (Wildman–Crippen LogP) is -0.102. The maximum absolute atomic E-state index is 11.4. The van der Waals surface area contributed by atoms with Crippen LogP contribution in [0.15, 0.2) is 194 Å². The number of benzene rings is 8. The third-order valence-electron chi connectivity index (χ3n) is 17.5. The SMILES string of the molecule is CO[Si](OC)(O[Si](CO)(CO)c1ccc(C)cc1)c1ccc(NC(C)=O)cc1.CO[Si](OC)(O[Si](CO)(CO)c1ccc(C)cc1)c1cccc(NC(C)=O)c1.CO[Si](OC)(O[Si](CO)(CO)c1cccc(C)c1)c1cccc(NC(C)=O)c1.CO[Si](OC)(O[Si](CO)(CO)c1cccc(N)c1)c1cccc(N)c1.N=C=O.N=C=O.N=C=O. The molecule has 3 amide bonds. The molecule has 0 saturated carbocycles. The number of anilines is 5. The van der Waals surface area contributed by atoms with E-state index >= 15 is 0 Å². The van der Waals surface area contributed by atoms with Gasteiger partial charge in [0.1, 0.15) is 0 Å². The van der Waals surface area contributed by atoms with Crippen molar-refractivity contribution in [1.29, 1.82) is 16.2 Å². The second-order valence-corrected chi connectivity index (χ2v) is 51.5. The summed E-state index contributed by atoms with van der Waals surface area (Å²) < 4.78 is 71.3. The minimum Gasteiger partial charge on any atom is -0.404 e. The van der Waals surface area contributed by atoms with Crippen LogP contribution in [0.1, 0.15) is 37.5 Å². The summed E-state index contributed by atoms with van der Waals surface area (Å²) in [5.74, 6) is -0.569. The van der Waals surface area contributed by atoms with E-state index < -0.39 is 68.5 Å². The molecule has 18 N–H and O–H groups in total. The van der Waals surface area contributed by atoms with Crippen LogP contribution < -0.4 is 68.9 Å². The van der Waals surface area contributed by atoms with Gasteiger partial charge in [0.15, 0.2) is 0 Å². The quantitative estimate of drug-likeness (QED) is 0.0107. The summed E-state index contributed by atoms with van der Waals surface area (Å²) in [7, 11) is -14.8. The van der Waals surface area contributed by atoms with E-state index in [0.717, 1.165) is 50.5 Å². The van der Waals surface area contributed by atoms with Crippen molar-refractivity contribution in [3.8, 4) is 0 Å². The van der Waals surface area contributed by atoms with E-state index in [-0.39, 0.29) is 67.6 Å². The van der Waals surface area contributed by atoms with Gasteiger partial charge in [0.2, 0.25) is 36.0 Å². The summed E-state index contributed by atoms with van der Waals surface area (Å²) in [4.78, 5) is 59.1. The Morgan fingerprint density at radius 3 is 0.805 bits per heavy atom. The van der Waals surface area contributed by atoms with Gasteiger partial charge in [0, 0.05) is 127 Å². The van der Waals surface area contributed by atoms with Crippen LogP contribution in [-0.2, 0) is 80.6 Å². The molecule has 0 aliphatic rings. The van der Waals surface area contributed by atoms with Gasteiger partial charge in [0.25, 0.3) is 33.3 Å². The number of aliphatic hydroxyl groups excluding tert-OH is 8. The van der Waals surface area contributed by atoms with E-state index in [1.54, 1.807) is 121 Å². The Labute approximate surface area is 694 Å². The maximum atomic E-state index is 11.4. The Balaban J connectivity index is 0.000000515. The fourth-order valence-electron chi connectivity index (χ4n) is 11.4. The third-order valence-corrected chi connectivity index (χ3v) is 46.0. The molecule has 118 heavy (non-hydrogen) atoms. The first-order chi connectivity index (χ1) is 56.2. The van der Waals surface area contributed by atoms with Crippen LogP contribution in [0.2, 0.25) is 0 Å². The third kappa shape index (κ3) is 29.1. The molecule has 0 unspecified atom stereocenters. The number of rotatable bonds is 35. The number of nitrogens with one attached hydrogen (secondary N) is 6. The van der Waals surface area contributed by atoms with Gasteiger partial charge in [-0.3, -0.25) is 14.4 Å². The van der Waals surface area contributed by atoms with Gasteiger partial charge in [-0.1, -0.05) is 150 Å². The van der Waals surface area contributed by atoms with Crippen LogP contribution in [-0.4, -0.2) is 252 Å². The number of carbonyl (C=O) groups excluding carboxylic acids is 6. The normalized spacial score (nSPS) is 11.4. The number of amides is 3. The van der Waals surface area contributed by atoms with E-state index in [2.05, 4.69) is 16.0 Å². The molecule has 0 saturated heterocycles. The maximum Gasteiger partial charge on any atom is 0.526 e. The van der Waals surface area contributed by atoms with Crippen molar-refractivity contribution in [2.24, 2.45) is 0 Å². The Kier molecular flexibility index (Phi) is 46.2. The number of carbonyl (C=O) groups is 3. The smallest absolute Gasteiger partial charge is 0.404 e. The molecule has 0 fully saturated rings. The summed E-state index contributed by atoms with van der Waals surface area (Å²) in [6.07, 6.45) is -0.429. The van der Waals surface area contributed by atoms with Crippen molar-refractivity contribution < 1.29 is 121 Å². The van der Waals surface area contributed by atoms with Crippen molar-refractivity contribution in [2.75, 3.05) is 134 Å². The minimum absolute atomic E-state index is 0.169. The molecule has 0 heterocycles. The number of isocyanates is 3. The van der Waals surface area contributed by atoms with Gasteiger partial charge in [-0.15, -0.1) is 0 Å². The molecule has 8 aromatic rings. The van der Waals surface area contributed by atoms with Crippen molar-refractivity contribution in [1.82, 2.24) is 0 Å². The molecule has 8 aromatic carbocycles. The second kappa shape index (κ2) is 52.0. The first-order valence-corrected chi connectivity index (χ1v) is 51.7. The Bertz CT molecular complexity index is 4380. The average molecular weight is 1770 g/mol. The van der Waals surface area contributed by atoms with Crippen molar-refractivity contribution >= 4 is 174 Å². The molecule has 0 atom stereocenters. The number of hydrogen-bond donors (Lipinski definition) is 16. The fraction of sp³-hybridized carbons (Fsp3) is 0.289. The molecule has 0 aromatic heterocycles. The molecule has 0 radical (unpaired) electrons. The zero-order valence-corrected chi connectivity index (χ0v) is 76.2. The Hall–Kier alpha value is -9.15. The highest BCUT2D eigenvalue weighted by Gasteiger charge is 2.56. The van der Waals surface area contributed by atoms with Gasteiger partial charge in [-0.05, 0) is 102 Å². The van der Waals surface area contributed by atoms with Crippen molar-refractivity contribution in [3.63, 3.8) is 0 Å². The lowest BCUT2D eigenvalue weighted by molar-refractivity contribution is -0.115. The predicted molar refractivity (Wildman–Crippen MR) is 463 cm³/mol. The average Bonchev–Trinajstić information content (AvgIpc) is 0.785. The molecular weight excluding hydrogens is 1670 g/mol. The zero-order valence-electron chi connectivity index (χ0n) is 68.2. The molecule has 0 bridgehead atoms. The molecule has 0 aliphatic heterocycles. The van der Waals surface area contributed by atoms with Gasteiger partial charge in [0.05, 0.1) is 49.8 Å². The summed E-state index contributed by atoms with van der Waals surface area (Å²) in [5.41, 5.74) is 17.7. The summed E-state index contributed by atoms with van der Waals surface area (Å²) in [5, 5.41) is 111. The first kappa shape index (κ1) is 105. The van der Waals surface area contributed by atoms with E-state index in [1.807, 2.05) is 93.6 Å². The Morgan fingerprint density at radius 1 is 0.305 bits per heavy atom. The highest BCUT2D eigenvalue weighted by atomic mass is 28.5. The van der Waals surface area contributed by atoms with Crippen LogP contribution in [0.3, 0.4) is 0 Å². The monoisotopic (exact) mass is 1770 g/mol. The van der Waals surface area contributed by atoms with E-state index in [9.17, 15) is 55.2 Å². The standard InChI is InChI=1S/3C19H27NO6Si2.C16H24N2O5Si2.3CHNO/c1-15-5-9-18(10-6-15)27(13-21,14-22)26-28(24-3,25-4)19-11-7-17(8-12-19)20-16(2)23;1-15-7-5-9-18(11-15)27(13-21,14-22)26-28(24-3,25-4)19-10-6-8-17(12-19)20-16(2)23;1-15-8-10-18(11-9-15)27(13-21,14-22)26-28(24-3,25-4)19-7-5-6-17(12-19)20-16(2)23;1-21-25(22-2,16-8-4-6-14(18)10-16)23-24(11-19,12-20)15-7-3-5-13(17)9-15;3*2-1-3/h3*5-12,21-22H,13-14H2,1-4H3,(H,20,23);3-10,19-20H,11-12,17-18H2,1-2H3;3*2H. The number of hydrogen-bond acceptors (Lipinski definition) is 31. The highest BCUT2D eigenvalue weighted by molar-refractivity contribution is 6.97. The van der Waals surface area contributed by atoms with Crippen LogP contribution in [0.5, 0.6) is 0 Å². The lowest BCUT2D eigenvalue weighted by Crippen LogP contribution is -2.69. The molecule has 0 aliphatic carbocycles. The minimum atomic E-state index is -3.49. The van der Waals surface area contributed by atoms with Crippen LogP contribution in [0.4, 0.5) is 28.4 Å². The van der Waals surface area contributed by atoms with Gasteiger partial charge in [-0.25, -0.2) is 30.6 Å². The van der Waals surface area contributed by atoms with Crippen LogP contribution >= 0.6 is 0 Å². The lowest BCUT2D eigenvalue weighted by Gasteiger charge is -2.37. The number of nitrogens with two attached hydrogens (primary N) is 2. The Morgan fingerprint density at radius 2 is 0.534 bits per heavy atom. The zero-order chi connectivity index (χ0) is 89.0. The molecule has 8 rings (SSSR count). The van der Waals surface area contributed by atoms with E-state index in [1.165, 1.54) is 77.6 Å². The van der Waals surface area contributed by atoms with Crippen LogP contribution in [0, 0.1) is 37.0 Å². The lowest BCUT2D eigenvalue weighted by atomic mass is 10.2. The summed E-state index contributed by atoms with van der Waals surface area (Å²) >= 11 is 0. The fourth-order valence-corrected chi connectivity index (χ4v) is 38.3. The largest absolute Gasteiger partial charge is 0.526 e. The molecular formula is C76H108N8O26Si8. The highest BCUT2D eigenvalue weighted by Crippen LogP contribution is 2.25. The number of aliphatic hydroxyl groups is 8. The van der Waals surface area contributed by atoms with Gasteiger partial charge < -0.3 is 120 Å². The van der Waals surface area contributed by atoms with E-state index in [0.29, 0.717) is 54.4 Å². The molecule has 42 heteroatoms. The van der Waals surface area contributed by atoms with Crippen molar-refractivity contribution in [3.05, 3.63) is 211 Å². The second-order valence-electron chi connectivity index (χ2n) is 25.4. The topological polar surface area (TPSA) is 535 Å². The molecule has 0 spiro atoms. The first-order valence-electron chi connectivity index (χ1n) is 35.5. The van der Waals surface area contributed by atoms with Gasteiger partial charge in [-0.2, -0.15) is 0 Å². The number of nitrogen functional groups attached to an aromatic ring is 2. The van der Waals surface area contributed by atoms with Crippen molar-refractivity contribution in [2.45, 2.75) is 41.5 Å². The number of aryl methyl sites for hydroxylation is 3. The van der Waals surface area contributed by atoms with E-state index in [4.69, 9.17) is 93.9 Å². The summed E-state index contributed by atoms with van der Waals surface area (Å²) in [6.45, 7) is 10.1. The van der Waals surface area contributed by atoms with Gasteiger partial charge >= 0.3 is 35.2 Å².